The molecule has 4 rings (SSSR count). The second kappa shape index (κ2) is 10.3. The molecule has 1 aliphatic rings. The molecule has 0 radical (unpaired) electrons. The molecule has 1 aliphatic heterocycles. The minimum atomic E-state index is 0.00424. The molecule has 1 aromatic heterocycles. The van der Waals surface area contributed by atoms with Crippen molar-refractivity contribution in [3.63, 3.8) is 0 Å². The maximum absolute atomic E-state index is 12.7. The number of carbonyl (C=O) groups excluding carboxylic acids is 1. The van der Waals surface area contributed by atoms with Gasteiger partial charge in [0.15, 0.2) is 0 Å². The molecule has 2 heterocycles. The fraction of sp³-hybridized carbons (Fsp3) is 0.462. The number of likely N-dealkylation sites (N-methyl/N-ethyl adjacent to an activating group) is 1. The molecule has 1 amide bonds. The summed E-state index contributed by atoms with van der Waals surface area (Å²) in [6, 6.07) is 16.4. The van der Waals surface area contributed by atoms with Gasteiger partial charge in [-0.2, -0.15) is 0 Å². The van der Waals surface area contributed by atoms with E-state index in [0.717, 1.165) is 74.5 Å². The summed E-state index contributed by atoms with van der Waals surface area (Å²) in [6.45, 7) is 10.5. The monoisotopic (exact) mass is 433 g/mol. The van der Waals surface area contributed by atoms with Crippen LogP contribution in [0.3, 0.4) is 0 Å². The van der Waals surface area contributed by atoms with E-state index in [1.165, 1.54) is 0 Å². The van der Waals surface area contributed by atoms with Crippen molar-refractivity contribution in [3.05, 3.63) is 54.1 Å². The predicted octanol–water partition coefficient (Wildman–Crippen LogP) is 3.87. The summed E-state index contributed by atoms with van der Waals surface area (Å²) in [4.78, 5) is 22.3. The van der Waals surface area contributed by atoms with Gasteiger partial charge in [-0.15, -0.1) is 0 Å². The second-order valence-corrected chi connectivity index (χ2v) is 8.75. The first-order valence-corrected chi connectivity index (χ1v) is 11.9. The van der Waals surface area contributed by atoms with Crippen LogP contribution in [0.15, 0.2) is 48.5 Å². The highest BCUT2D eigenvalue weighted by atomic mass is 16.1. The van der Waals surface area contributed by atoms with E-state index in [9.17, 15) is 4.79 Å². The zero-order valence-electron chi connectivity index (χ0n) is 19.6. The Balaban J connectivity index is 1.52. The topological polar surface area (TPSA) is 53.4 Å². The highest BCUT2D eigenvalue weighted by molar-refractivity contribution is 5.95. The number of nitrogens with zero attached hydrogens (tertiary/aromatic N) is 4. The van der Waals surface area contributed by atoms with Crippen LogP contribution < -0.4 is 5.32 Å². The van der Waals surface area contributed by atoms with Crippen molar-refractivity contribution in [1.82, 2.24) is 24.7 Å². The first kappa shape index (κ1) is 22.5. The Hall–Kier alpha value is -2.70. The summed E-state index contributed by atoms with van der Waals surface area (Å²) < 4.78 is 2.32. The van der Waals surface area contributed by atoms with Crippen LogP contribution in [0.4, 0.5) is 0 Å². The van der Waals surface area contributed by atoms with Crippen molar-refractivity contribution in [2.24, 2.45) is 0 Å². The largest absolute Gasteiger partial charge is 0.348 e. The van der Waals surface area contributed by atoms with E-state index < -0.39 is 0 Å². The second-order valence-electron chi connectivity index (χ2n) is 8.75. The van der Waals surface area contributed by atoms with Crippen LogP contribution in [0.5, 0.6) is 0 Å². The maximum atomic E-state index is 12.7. The molecule has 32 heavy (non-hydrogen) atoms. The predicted molar refractivity (Wildman–Crippen MR) is 131 cm³/mol. The van der Waals surface area contributed by atoms with E-state index in [0.29, 0.717) is 5.56 Å². The zero-order valence-corrected chi connectivity index (χ0v) is 19.6. The van der Waals surface area contributed by atoms with Crippen LogP contribution in [0.25, 0.3) is 22.4 Å². The summed E-state index contributed by atoms with van der Waals surface area (Å²) in [6.07, 6.45) is 2.09. The molecule has 0 saturated carbocycles. The number of hydrogen-bond donors (Lipinski definition) is 1. The number of aromatic nitrogens is 2. The Morgan fingerprint density at radius 3 is 2.56 bits per heavy atom. The number of para-hydroxylation sites is 2. The molecule has 1 unspecified atom stereocenters. The number of fused-ring (bicyclic) bond motifs is 1. The Morgan fingerprint density at radius 1 is 1.12 bits per heavy atom. The van der Waals surface area contributed by atoms with Gasteiger partial charge in [0.25, 0.3) is 5.91 Å². The number of nitrogens with one attached hydrogen (secondary N) is 1. The third-order valence-electron chi connectivity index (χ3n) is 6.54. The Bertz CT molecular complexity index is 1040. The molecule has 1 fully saturated rings. The molecule has 6 heteroatoms. The van der Waals surface area contributed by atoms with Gasteiger partial charge >= 0.3 is 0 Å². The fourth-order valence-electron chi connectivity index (χ4n) is 4.61. The minimum Gasteiger partial charge on any atom is -0.348 e. The smallest absolute Gasteiger partial charge is 0.251 e. The van der Waals surface area contributed by atoms with Crippen molar-refractivity contribution in [3.8, 4) is 11.4 Å². The number of benzene rings is 2. The van der Waals surface area contributed by atoms with E-state index in [2.05, 4.69) is 58.8 Å². The number of amides is 1. The minimum absolute atomic E-state index is 0.00424. The van der Waals surface area contributed by atoms with Crippen LogP contribution in [-0.4, -0.2) is 71.1 Å². The molecule has 2 aromatic carbocycles. The van der Waals surface area contributed by atoms with Crippen LogP contribution in [0.2, 0.25) is 0 Å². The van der Waals surface area contributed by atoms with E-state index in [1.54, 1.807) is 0 Å². The lowest BCUT2D eigenvalue weighted by Gasteiger charge is -2.18. The van der Waals surface area contributed by atoms with Gasteiger partial charge in [0.2, 0.25) is 0 Å². The quantitative estimate of drug-likeness (QED) is 0.557. The van der Waals surface area contributed by atoms with Gasteiger partial charge in [0.1, 0.15) is 5.82 Å². The molecule has 0 bridgehead atoms. The SMILES string of the molecule is CCN(CC)CCCn1c(-c2ccc(C(=O)NC3CCN(C)C3)cc2)nc2ccccc21. The zero-order chi connectivity index (χ0) is 22.5. The molecule has 3 aromatic rings. The van der Waals surface area contributed by atoms with E-state index >= 15 is 0 Å². The average molecular weight is 434 g/mol. The number of imidazole rings is 1. The van der Waals surface area contributed by atoms with Gasteiger partial charge < -0.3 is 19.7 Å². The van der Waals surface area contributed by atoms with Crippen molar-refractivity contribution in [1.29, 1.82) is 0 Å². The van der Waals surface area contributed by atoms with Gasteiger partial charge in [0.05, 0.1) is 11.0 Å². The number of hydrogen-bond acceptors (Lipinski definition) is 4. The van der Waals surface area contributed by atoms with Crippen molar-refractivity contribution < 1.29 is 4.79 Å². The number of likely N-dealkylation sites (tertiary alicyclic amines) is 1. The highest BCUT2D eigenvalue weighted by Crippen LogP contribution is 2.25. The van der Waals surface area contributed by atoms with Crippen LogP contribution >= 0.6 is 0 Å². The van der Waals surface area contributed by atoms with Crippen molar-refractivity contribution in [2.75, 3.05) is 39.8 Å². The molecule has 0 aliphatic carbocycles. The average Bonchev–Trinajstić information content (AvgIpc) is 3.40. The van der Waals surface area contributed by atoms with E-state index in [1.807, 2.05) is 30.3 Å². The third kappa shape index (κ3) is 5.03. The molecule has 170 valence electrons. The number of aryl methyl sites for hydroxylation is 1. The first-order chi connectivity index (χ1) is 15.6. The highest BCUT2D eigenvalue weighted by Gasteiger charge is 2.21. The molecule has 1 N–H and O–H groups in total. The molecule has 0 spiro atoms. The summed E-state index contributed by atoms with van der Waals surface area (Å²) in [5.41, 5.74) is 3.92. The lowest BCUT2D eigenvalue weighted by molar-refractivity contribution is 0.0938. The summed E-state index contributed by atoms with van der Waals surface area (Å²) in [7, 11) is 2.09. The van der Waals surface area contributed by atoms with E-state index in [-0.39, 0.29) is 11.9 Å². The Morgan fingerprint density at radius 2 is 1.88 bits per heavy atom. The van der Waals surface area contributed by atoms with E-state index in [4.69, 9.17) is 4.98 Å². The molecule has 6 nitrogen and oxygen atoms in total. The standard InChI is InChI=1S/C26H35N5O/c1-4-30(5-2)16-8-17-31-24-10-7-6-9-23(24)28-25(31)20-11-13-21(14-12-20)26(32)27-22-15-18-29(3)19-22/h6-7,9-14,22H,4-5,8,15-19H2,1-3H3,(H,27,32). The summed E-state index contributed by atoms with van der Waals surface area (Å²) >= 11 is 0. The van der Waals surface area contributed by atoms with Gasteiger partial charge in [0, 0.05) is 30.3 Å². The lowest BCUT2D eigenvalue weighted by Crippen LogP contribution is -2.36. The van der Waals surface area contributed by atoms with Gasteiger partial charge in [-0.05, 0) is 70.3 Å². The van der Waals surface area contributed by atoms with Crippen molar-refractivity contribution in [2.45, 2.75) is 39.3 Å². The normalized spacial score (nSPS) is 16.8. The molecular formula is C26H35N5O. The molecule has 1 atom stereocenters. The van der Waals surface area contributed by atoms with Crippen LogP contribution in [0, 0.1) is 0 Å². The van der Waals surface area contributed by atoms with Gasteiger partial charge in [-0.25, -0.2) is 4.98 Å². The molecule has 1 saturated heterocycles. The third-order valence-corrected chi connectivity index (χ3v) is 6.54. The first-order valence-electron chi connectivity index (χ1n) is 11.9. The summed E-state index contributed by atoms with van der Waals surface area (Å²) in [5, 5.41) is 3.16. The van der Waals surface area contributed by atoms with Gasteiger partial charge in [-0.1, -0.05) is 38.1 Å². The fourth-order valence-corrected chi connectivity index (χ4v) is 4.61. The molecular weight excluding hydrogens is 398 g/mol. The lowest BCUT2D eigenvalue weighted by atomic mass is 10.1. The maximum Gasteiger partial charge on any atom is 0.251 e. The number of rotatable bonds is 9. The van der Waals surface area contributed by atoms with Crippen molar-refractivity contribution >= 4 is 16.9 Å². The number of carbonyl (C=O) groups is 1. The van der Waals surface area contributed by atoms with Gasteiger partial charge in [-0.3, -0.25) is 4.79 Å². The van der Waals surface area contributed by atoms with Crippen LogP contribution in [0.1, 0.15) is 37.0 Å². The Kier molecular flexibility index (Phi) is 7.22. The van der Waals surface area contributed by atoms with Crippen LogP contribution in [-0.2, 0) is 6.54 Å². The summed E-state index contributed by atoms with van der Waals surface area (Å²) in [5.74, 6) is 0.972. The Labute approximate surface area is 191 Å².